The number of carbonyl (C=O) groups excluding carboxylic acids is 1. The standard InChI is InChI=1S/C9H12BrN3O4/c1-16-7-5(10)3-11-9(13-7)12-6(4-14)8(15)17-2/h3,6,14H,4H2,1-2H3,(H,11,12,13). The van der Waals surface area contributed by atoms with Crippen molar-refractivity contribution in [3.05, 3.63) is 10.7 Å². The number of rotatable bonds is 5. The Morgan fingerprint density at radius 1 is 1.65 bits per heavy atom. The van der Waals surface area contributed by atoms with Crippen LogP contribution >= 0.6 is 15.9 Å². The van der Waals surface area contributed by atoms with E-state index in [2.05, 4.69) is 36.0 Å². The fourth-order valence-corrected chi connectivity index (χ4v) is 1.39. The number of methoxy groups -OCH3 is 2. The maximum absolute atomic E-state index is 11.2. The molecule has 94 valence electrons. The minimum Gasteiger partial charge on any atom is -0.480 e. The third-order valence-electron chi connectivity index (χ3n) is 1.88. The first-order chi connectivity index (χ1) is 8.12. The number of nitrogens with zero attached hydrogens (tertiary/aromatic N) is 2. The number of halogens is 1. The molecule has 0 radical (unpaired) electrons. The van der Waals surface area contributed by atoms with Crippen LogP contribution in [0, 0.1) is 0 Å². The number of carbonyl (C=O) groups is 1. The van der Waals surface area contributed by atoms with Gasteiger partial charge in [-0.1, -0.05) is 0 Å². The second-order valence-electron chi connectivity index (χ2n) is 2.95. The van der Waals surface area contributed by atoms with Crippen molar-refractivity contribution in [3.63, 3.8) is 0 Å². The Morgan fingerprint density at radius 3 is 2.88 bits per heavy atom. The molecule has 1 aromatic rings. The molecule has 0 saturated heterocycles. The molecule has 0 spiro atoms. The van der Waals surface area contributed by atoms with E-state index in [-0.39, 0.29) is 5.95 Å². The number of anilines is 1. The molecule has 0 amide bonds. The smallest absolute Gasteiger partial charge is 0.330 e. The number of hydrogen-bond acceptors (Lipinski definition) is 7. The summed E-state index contributed by atoms with van der Waals surface area (Å²) in [5, 5.41) is 11.6. The Bertz CT molecular complexity index is 402. The van der Waals surface area contributed by atoms with Gasteiger partial charge < -0.3 is 19.9 Å². The lowest BCUT2D eigenvalue weighted by Crippen LogP contribution is -2.34. The number of ether oxygens (including phenoxy) is 2. The van der Waals surface area contributed by atoms with Gasteiger partial charge in [0.05, 0.1) is 31.5 Å². The lowest BCUT2D eigenvalue weighted by molar-refractivity contribution is -0.142. The van der Waals surface area contributed by atoms with Crippen LogP contribution in [0.2, 0.25) is 0 Å². The molecule has 1 aromatic heterocycles. The van der Waals surface area contributed by atoms with E-state index in [0.717, 1.165) is 0 Å². The van der Waals surface area contributed by atoms with Gasteiger partial charge in [-0.25, -0.2) is 9.78 Å². The molecule has 0 aromatic carbocycles. The van der Waals surface area contributed by atoms with E-state index >= 15 is 0 Å². The summed E-state index contributed by atoms with van der Waals surface area (Å²) in [7, 11) is 2.69. The highest BCUT2D eigenvalue weighted by Gasteiger charge is 2.19. The maximum atomic E-state index is 11.2. The van der Waals surface area contributed by atoms with Crippen molar-refractivity contribution in [2.45, 2.75) is 6.04 Å². The summed E-state index contributed by atoms with van der Waals surface area (Å²) >= 11 is 3.20. The van der Waals surface area contributed by atoms with Crippen LogP contribution in [-0.2, 0) is 9.53 Å². The second kappa shape index (κ2) is 6.36. The number of aliphatic hydroxyl groups excluding tert-OH is 1. The minimum absolute atomic E-state index is 0.162. The van der Waals surface area contributed by atoms with Crippen LogP contribution in [0.1, 0.15) is 0 Å². The molecule has 17 heavy (non-hydrogen) atoms. The minimum atomic E-state index is -0.911. The summed E-state index contributed by atoms with van der Waals surface area (Å²) in [5.41, 5.74) is 0. The number of esters is 1. The molecule has 1 heterocycles. The zero-order chi connectivity index (χ0) is 12.8. The number of nitrogens with one attached hydrogen (secondary N) is 1. The first-order valence-electron chi connectivity index (χ1n) is 4.64. The van der Waals surface area contributed by atoms with Gasteiger partial charge in [0.25, 0.3) is 0 Å². The molecule has 2 N–H and O–H groups in total. The molecule has 8 heteroatoms. The highest BCUT2D eigenvalue weighted by atomic mass is 79.9. The SMILES string of the molecule is COC(=O)C(CO)Nc1ncc(Br)c(OC)n1. The number of aliphatic hydroxyl groups is 1. The first-order valence-corrected chi connectivity index (χ1v) is 5.43. The highest BCUT2D eigenvalue weighted by Crippen LogP contribution is 2.21. The van der Waals surface area contributed by atoms with Gasteiger partial charge in [-0.3, -0.25) is 0 Å². The van der Waals surface area contributed by atoms with Crippen LogP contribution in [-0.4, -0.2) is 47.9 Å². The van der Waals surface area contributed by atoms with Crippen molar-refractivity contribution < 1.29 is 19.4 Å². The molecular weight excluding hydrogens is 294 g/mol. The molecule has 1 rings (SSSR count). The van der Waals surface area contributed by atoms with Gasteiger partial charge in [-0.2, -0.15) is 4.98 Å². The van der Waals surface area contributed by atoms with Crippen LogP contribution in [0.25, 0.3) is 0 Å². The number of hydrogen-bond donors (Lipinski definition) is 2. The van der Waals surface area contributed by atoms with Crippen LogP contribution in [0.15, 0.2) is 10.7 Å². The van der Waals surface area contributed by atoms with Crippen molar-refractivity contribution in [2.75, 3.05) is 26.1 Å². The Labute approximate surface area is 106 Å². The molecular formula is C9H12BrN3O4. The predicted molar refractivity (Wildman–Crippen MR) is 62.8 cm³/mol. The first kappa shape index (κ1) is 13.7. The van der Waals surface area contributed by atoms with Gasteiger partial charge in [0.2, 0.25) is 11.8 Å². The van der Waals surface area contributed by atoms with Crippen LogP contribution in [0.3, 0.4) is 0 Å². The topological polar surface area (TPSA) is 93.6 Å². The molecule has 0 saturated carbocycles. The van der Waals surface area contributed by atoms with Crippen molar-refractivity contribution in [3.8, 4) is 5.88 Å². The van der Waals surface area contributed by atoms with Crippen molar-refractivity contribution >= 4 is 27.8 Å². The molecule has 0 fully saturated rings. The van der Waals surface area contributed by atoms with Gasteiger partial charge in [-0.15, -0.1) is 0 Å². The highest BCUT2D eigenvalue weighted by molar-refractivity contribution is 9.10. The van der Waals surface area contributed by atoms with E-state index in [1.165, 1.54) is 20.4 Å². The van der Waals surface area contributed by atoms with E-state index in [0.29, 0.717) is 10.4 Å². The molecule has 0 aliphatic carbocycles. The summed E-state index contributed by atoms with van der Waals surface area (Å²) in [6.07, 6.45) is 1.47. The fraction of sp³-hybridized carbons (Fsp3) is 0.444. The molecule has 0 aliphatic heterocycles. The molecule has 1 unspecified atom stereocenters. The average Bonchev–Trinajstić information content (AvgIpc) is 2.36. The normalized spacial score (nSPS) is 11.8. The largest absolute Gasteiger partial charge is 0.480 e. The molecule has 1 atom stereocenters. The van der Waals surface area contributed by atoms with Crippen molar-refractivity contribution in [1.29, 1.82) is 0 Å². The fourth-order valence-electron chi connectivity index (χ4n) is 1.04. The quantitative estimate of drug-likeness (QED) is 0.750. The zero-order valence-corrected chi connectivity index (χ0v) is 10.9. The number of aromatic nitrogens is 2. The van der Waals surface area contributed by atoms with Gasteiger partial charge in [0, 0.05) is 0 Å². The van der Waals surface area contributed by atoms with Crippen LogP contribution in [0.4, 0.5) is 5.95 Å². The molecule has 0 aliphatic rings. The Hall–Kier alpha value is -1.41. The summed E-state index contributed by atoms with van der Waals surface area (Å²) in [4.78, 5) is 19.1. The van der Waals surface area contributed by atoms with Gasteiger partial charge in [0.15, 0.2) is 6.04 Å². The monoisotopic (exact) mass is 305 g/mol. The maximum Gasteiger partial charge on any atom is 0.330 e. The summed E-state index contributed by atoms with van der Waals surface area (Å²) in [6.45, 7) is -0.422. The Kier molecular flexibility index (Phi) is 5.11. The van der Waals surface area contributed by atoms with Crippen molar-refractivity contribution in [2.24, 2.45) is 0 Å². The van der Waals surface area contributed by atoms with Crippen molar-refractivity contribution in [1.82, 2.24) is 9.97 Å². The second-order valence-corrected chi connectivity index (χ2v) is 3.81. The third kappa shape index (κ3) is 3.53. The van der Waals surface area contributed by atoms with Crippen LogP contribution < -0.4 is 10.1 Å². The van der Waals surface area contributed by atoms with E-state index < -0.39 is 18.6 Å². The Morgan fingerprint density at radius 2 is 2.35 bits per heavy atom. The summed E-state index contributed by atoms with van der Waals surface area (Å²) in [5.74, 6) is -0.114. The van der Waals surface area contributed by atoms with E-state index in [1.54, 1.807) is 0 Å². The average molecular weight is 306 g/mol. The van der Waals surface area contributed by atoms with Gasteiger partial charge in [-0.05, 0) is 15.9 Å². The van der Waals surface area contributed by atoms with Gasteiger partial charge in [0.1, 0.15) is 0 Å². The molecule has 0 bridgehead atoms. The lowest BCUT2D eigenvalue weighted by Gasteiger charge is -2.14. The molecule has 7 nitrogen and oxygen atoms in total. The summed E-state index contributed by atoms with van der Waals surface area (Å²) < 4.78 is 10.1. The van der Waals surface area contributed by atoms with Crippen LogP contribution in [0.5, 0.6) is 5.88 Å². The van der Waals surface area contributed by atoms with E-state index in [1.807, 2.05) is 0 Å². The van der Waals surface area contributed by atoms with E-state index in [4.69, 9.17) is 9.84 Å². The van der Waals surface area contributed by atoms with Gasteiger partial charge >= 0.3 is 5.97 Å². The Balaban J connectivity index is 2.83. The zero-order valence-electron chi connectivity index (χ0n) is 9.31. The van der Waals surface area contributed by atoms with E-state index in [9.17, 15) is 4.79 Å². The summed E-state index contributed by atoms with van der Waals surface area (Å²) in [6, 6.07) is -0.911. The third-order valence-corrected chi connectivity index (χ3v) is 2.42. The predicted octanol–water partition coefficient (Wildman–Crippen LogP) is 0.193. The lowest BCUT2D eigenvalue weighted by atomic mass is 10.3.